The zero-order valence-electron chi connectivity index (χ0n) is 9.45. The fraction of sp³-hybridized carbons (Fsp3) is 0.600. The molecule has 0 aliphatic heterocycles. The third kappa shape index (κ3) is 3.61. The van der Waals surface area contributed by atoms with Crippen molar-refractivity contribution >= 4 is 11.7 Å². The van der Waals surface area contributed by atoms with Gasteiger partial charge in [-0.3, -0.25) is 4.79 Å². The zero-order valence-corrected chi connectivity index (χ0v) is 9.45. The zero-order chi connectivity index (χ0) is 11.5. The van der Waals surface area contributed by atoms with Gasteiger partial charge in [0.15, 0.2) is 0 Å². The molecule has 0 atom stereocenters. The second kappa shape index (κ2) is 4.33. The molecule has 0 unspecified atom stereocenters. The summed E-state index contributed by atoms with van der Waals surface area (Å²) in [6.07, 6.45) is 4.08. The number of imidazole rings is 1. The molecule has 1 amide bonds. The van der Waals surface area contributed by atoms with E-state index in [-0.39, 0.29) is 18.0 Å². The number of nitrogen functional groups attached to an aromatic ring is 1. The average molecular weight is 210 g/mol. The highest BCUT2D eigenvalue weighted by molar-refractivity contribution is 5.76. The Morgan fingerprint density at radius 3 is 2.80 bits per heavy atom. The lowest BCUT2D eigenvalue weighted by Crippen LogP contribution is -2.44. The average Bonchev–Trinajstić information content (AvgIpc) is 2.50. The Labute approximate surface area is 89.7 Å². The van der Waals surface area contributed by atoms with E-state index in [1.165, 1.54) is 0 Å². The Morgan fingerprint density at radius 1 is 1.67 bits per heavy atom. The van der Waals surface area contributed by atoms with Crippen molar-refractivity contribution in [2.75, 3.05) is 5.73 Å². The van der Waals surface area contributed by atoms with Gasteiger partial charge in [0.1, 0.15) is 12.4 Å². The van der Waals surface area contributed by atoms with Crippen molar-refractivity contribution in [3.8, 4) is 0 Å². The molecular weight excluding hydrogens is 192 g/mol. The van der Waals surface area contributed by atoms with Crippen LogP contribution in [0.25, 0.3) is 0 Å². The van der Waals surface area contributed by atoms with Crippen molar-refractivity contribution in [3.05, 3.63) is 12.5 Å². The summed E-state index contributed by atoms with van der Waals surface area (Å²) in [7, 11) is 0. The molecule has 1 rings (SSSR count). The number of nitrogens with zero attached hydrogens (tertiary/aromatic N) is 2. The molecule has 0 bridgehead atoms. The maximum Gasteiger partial charge on any atom is 0.240 e. The van der Waals surface area contributed by atoms with Gasteiger partial charge in [-0.15, -0.1) is 0 Å². The molecule has 1 heterocycles. The first-order chi connectivity index (χ1) is 6.93. The molecule has 1 aromatic rings. The summed E-state index contributed by atoms with van der Waals surface area (Å²) in [5, 5.41) is 2.94. The van der Waals surface area contributed by atoms with Gasteiger partial charge in [-0.1, -0.05) is 6.92 Å². The van der Waals surface area contributed by atoms with Crippen molar-refractivity contribution < 1.29 is 4.79 Å². The first-order valence-corrected chi connectivity index (χ1v) is 5.01. The molecule has 15 heavy (non-hydrogen) atoms. The van der Waals surface area contributed by atoms with Crippen LogP contribution in [0.1, 0.15) is 27.2 Å². The number of aromatic nitrogens is 2. The Bertz CT molecular complexity index is 343. The second-order valence-electron chi connectivity index (χ2n) is 4.26. The van der Waals surface area contributed by atoms with Crippen molar-refractivity contribution in [1.82, 2.24) is 14.9 Å². The largest absolute Gasteiger partial charge is 0.382 e. The Kier molecular flexibility index (Phi) is 3.34. The van der Waals surface area contributed by atoms with Crippen molar-refractivity contribution in [1.29, 1.82) is 0 Å². The van der Waals surface area contributed by atoms with E-state index >= 15 is 0 Å². The lowest BCUT2D eigenvalue weighted by atomic mass is 10.0. The number of amides is 1. The van der Waals surface area contributed by atoms with Crippen LogP contribution in [0.5, 0.6) is 0 Å². The Morgan fingerprint density at radius 2 is 2.33 bits per heavy atom. The highest BCUT2D eigenvalue weighted by Gasteiger charge is 2.17. The van der Waals surface area contributed by atoms with Crippen LogP contribution in [-0.4, -0.2) is 21.0 Å². The molecule has 84 valence electrons. The Balaban J connectivity index is 2.50. The molecule has 0 fully saturated rings. The molecule has 5 nitrogen and oxygen atoms in total. The molecule has 0 saturated carbocycles. The van der Waals surface area contributed by atoms with Crippen molar-refractivity contribution in [3.63, 3.8) is 0 Å². The Hall–Kier alpha value is -1.52. The highest BCUT2D eigenvalue weighted by Crippen LogP contribution is 2.06. The van der Waals surface area contributed by atoms with E-state index in [0.29, 0.717) is 5.82 Å². The van der Waals surface area contributed by atoms with Gasteiger partial charge in [-0.2, -0.15) is 0 Å². The number of hydrogen-bond acceptors (Lipinski definition) is 3. The molecule has 0 spiro atoms. The minimum absolute atomic E-state index is 0.0285. The number of rotatable bonds is 4. The van der Waals surface area contributed by atoms with Gasteiger partial charge in [0.25, 0.3) is 0 Å². The quantitative estimate of drug-likeness (QED) is 0.771. The lowest BCUT2D eigenvalue weighted by Gasteiger charge is -2.24. The van der Waals surface area contributed by atoms with E-state index < -0.39 is 0 Å². The number of carbonyl (C=O) groups is 1. The van der Waals surface area contributed by atoms with Gasteiger partial charge in [0.2, 0.25) is 5.91 Å². The predicted octanol–water partition coefficient (Wildman–Crippen LogP) is 0.770. The lowest BCUT2D eigenvalue weighted by molar-refractivity contribution is -0.123. The van der Waals surface area contributed by atoms with Gasteiger partial charge in [0.05, 0.1) is 6.33 Å². The van der Waals surface area contributed by atoms with Crippen LogP contribution in [0.3, 0.4) is 0 Å². The van der Waals surface area contributed by atoms with E-state index in [1.807, 2.05) is 20.8 Å². The van der Waals surface area contributed by atoms with Crippen molar-refractivity contribution in [2.45, 2.75) is 39.3 Å². The van der Waals surface area contributed by atoms with E-state index in [4.69, 9.17) is 5.73 Å². The summed E-state index contributed by atoms with van der Waals surface area (Å²) in [5.74, 6) is 0.400. The first-order valence-electron chi connectivity index (χ1n) is 5.01. The van der Waals surface area contributed by atoms with Crippen LogP contribution in [0, 0.1) is 0 Å². The van der Waals surface area contributed by atoms with Crippen LogP contribution in [0.15, 0.2) is 12.5 Å². The molecule has 0 aromatic carbocycles. The summed E-state index contributed by atoms with van der Waals surface area (Å²) in [5.41, 5.74) is 5.28. The van der Waals surface area contributed by atoms with E-state index in [9.17, 15) is 4.79 Å². The van der Waals surface area contributed by atoms with Crippen LogP contribution in [-0.2, 0) is 11.3 Å². The van der Waals surface area contributed by atoms with Gasteiger partial charge in [-0.25, -0.2) is 4.98 Å². The summed E-state index contributed by atoms with van der Waals surface area (Å²) in [4.78, 5) is 15.4. The van der Waals surface area contributed by atoms with Gasteiger partial charge in [-0.05, 0) is 20.3 Å². The van der Waals surface area contributed by atoms with Gasteiger partial charge >= 0.3 is 0 Å². The summed E-state index contributed by atoms with van der Waals surface area (Å²) in [6, 6.07) is 0. The molecular formula is C10H18N4O. The maximum absolute atomic E-state index is 11.6. The molecule has 3 N–H and O–H groups in total. The van der Waals surface area contributed by atoms with Gasteiger partial charge < -0.3 is 15.6 Å². The molecule has 5 heteroatoms. The molecule has 0 aliphatic carbocycles. The first kappa shape index (κ1) is 11.6. The monoisotopic (exact) mass is 210 g/mol. The van der Waals surface area contributed by atoms with Crippen LogP contribution >= 0.6 is 0 Å². The van der Waals surface area contributed by atoms with Crippen molar-refractivity contribution in [2.24, 2.45) is 0 Å². The summed E-state index contributed by atoms with van der Waals surface area (Å²) in [6.45, 7) is 6.28. The maximum atomic E-state index is 11.6. The van der Waals surface area contributed by atoms with E-state index in [0.717, 1.165) is 6.42 Å². The molecule has 0 radical (unpaired) electrons. The van der Waals surface area contributed by atoms with Crippen LogP contribution in [0.2, 0.25) is 0 Å². The number of nitrogens with one attached hydrogen (secondary N) is 1. The number of hydrogen-bond donors (Lipinski definition) is 2. The van der Waals surface area contributed by atoms with Crippen LogP contribution in [0.4, 0.5) is 5.82 Å². The standard InChI is InChI=1S/C10H18N4O/c1-4-10(2,3)13-9(15)6-14-5-8(11)12-7-14/h5,7H,4,6,11H2,1-3H3,(H,13,15). The van der Waals surface area contributed by atoms with E-state index in [1.54, 1.807) is 17.1 Å². The number of anilines is 1. The topological polar surface area (TPSA) is 72.9 Å². The predicted molar refractivity (Wildman–Crippen MR) is 59.2 cm³/mol. The normalized spacial score (nSPS) is 11.4. The number of nitrogens with two attached hydrogens (primary N) is 1. The fourth-order valence-corrected chi connectivity index (χ4v) is 1.14. The highest BCUT2D eigenvalue weighted by atomic mass is 16.2. The summed E-state index contributed by atoms with van der Waals surface area (Å²) >= 11 is 0. The third-order valence-corrected chi connectivity index (χ3v) is 2.34. The summed E-state index contributed by atoms with van der Waals surface area (Å²) < 4.78 is 1.66. The number of carbonyl (C=O) groups excluding carboxylic acids is 1. The minimum atomic E-state index is -0.163. The van der Waals surface area contributed by atoms with Gasteiger partial charge in [0, 0.05) is 11.7 Å². The molecule has 0 aliphatic rings. The molecule has 0 saturated heterocycles. The van der Waals surface area contributed by atoms with E-state index in [2.05, 4.69) is 10.3 Å². The van der Waals surface area contributed by atoms with Crippen LogP contribution < -0.4 is 11.1 Å². The minimum Gasteiger partial charge on any atom is -0.382 e. The fourth-order valence-electron chi connectivity index (χ4n) is 1.14. The second-order valence-corrected chi connectivity index (χ2v) is 4.26. The molecule has 1 aromatic heterocycles. The third-order valence-electron chi connectivity index (χ3n) is 2.34. The SMILES string of the molecule is CCC(C)(C)NC(=O)Cn1cnc(N)c1. The smallest absolute Gasteiger partial charge is 0.240 e.